The number of rotatable bonds is 5. The van der Waals surface area contributed by atoms with Crippen LogP contribution in [-0.2, 0) is 0 Å². The Morgan fingerprint density at radius 3 is 2.95 bits per heavy atom. The zero-order valence-electron chi connectivity index (χ0n) is 11.2. The van der Waals surface area contributed by atoms with Crippen LogP contribution in [0.4, 0.5) is 11.6 Å². The molecule has 6 nitrogen and oxygen atoms in total. The molecule has 6 heteroatoms. The minimum absolute atomic E-state index is 0.442. The van der Waals surface area contributed by atoms with Crippen molar-refractivity contribution >= 4 is 17.3 Å². The highest BCUT2D eigenvalue weighted by atomic mass is 15.3. The Kier molecular flexibility index (Phi) is 3.02. The molecule has 4 N–H and O–H groups in total. The van der Waals surface area contributed by atoms with E-state index in [9.17, 15) is 0 Å². The van der Waals surface area contributed by atoms with E-state index in [4.69, 9.17) is 5.84 Å². The number of nitrogen functional groups attached to an aromatic ring is 1. The average Bonchev–Trinajstić information content (AvgIpc) is 2.85. The van der Waals surface area contributed by atoms with Crippen molar-refractivity contribution < 1.29 is 0 Å². The van der Waals surface area contributed by atoms with E-state index >= 15 is 0 Å². The first-order chi connectivity index (χ1) is 9.26. The first-order valence-electron chi connectivity index (χ1n) is 6.80. The maximum absolute atomic E-state index is 5.45. The molecule has 0 amide bonds. The molecule has 0 saturated heterocycles. The van der Waals surface area contributed by atoms with Crippen molar-refractivity contribution in [2.45, 2.75) is 32.6 Å². The van der Waals surface area contributed by atoms with Crippen LogP contribution in [0.1, 0.15) is 32.6 Å². The third-order valence-electron chi connectivity index (χ3n) is 4.32. The molecule has 1 fully saturated rings. The summed E-state index contributed by atoms with van der Waals surface area (Å²) in [5.74, 6) is 6.87. The van der Waals surface area contributed by atoms with Gasteiger partial charge < -0.3 is 15.1 Å². The third-order valence-corrected chi connectivity index (χ3v) is 4.32. The fraction of sp³-hybridized carbons (Fsp3) is 0.538. The minimum Gasteiger partial charge on any atom is -0.366 e. The van der Waals surface area contributed by atoms with Crippen molar-refractivity contribution in [3.8, 4) is 0 Å². The van der Waals surface area contributed by atoms with Crippen LogP contribution in [0.25, 0.3) is 5.65 Å². The van der Waals surface area contributed by atoms with Crippen molar-refractivity contribution in [2.75, 3.05) is 17.3 Å². The number of nitrogens with zero attached hydrogens (tertiary/aromatic N) is 3. The van der Waals surface area contributed by atoms with Gasteiger partial charge in [-0.2, -0.15) is 0 Å². The van der Waals surface area contributed by atoms with E-state index in [1.807, 2.05) is 16.8 Å². The average molecular weight is 260 g/mol. The summed E-state index contributed by atoms with van der Waals surface area (Å²) in [5, 5.41) is 3.45. The third kappa shape index (κ3) is 2.12. The Hall–Kier alpha value is -1.82. The van der Waals surface area contributed by atoms with Crippen molar-refractivity contribution in [3.05, 3.63) is 18.6 Å². The van der Waals surface area contributed by atoms with E-state index in [-0.39, 0.29) is 0 Å². The molecule has 1 saturated carbocycles. The second kappa shape index (κ2) is 4.70. The molecule has 19 heavy (non-hydrogen) atoms. The Morgan fingerprint density at radius 2 is 2.32 bits per heavy atom. The molecule has 2 aromatic heterocycles. The summed E-state index contributed by atoms with van der Waals surface area (Å²) >= 11 is 0. The Bertz CT molecular complexity index is 566. The second-order valence-corrected chi connectivity index (χ2v) is 5.34. The predicted molar refractivity (Wildman–Crippen MR) is 75.9 cm³/mol. The van der Waals surface area contributed by atoms with Gasteiger partial charge in [0.15, 0.2) is 17.3 Å². The van der Waals surface area contributed by atoms with Crippen LogP contribution in [0.2, 0.25) is 0 Å². The van der Waals surface area contributed by atoms with Gasteiger partial charge in [0.05, 0.1) is 6.20 Å². The van der Waals surface area contributed by atoms with Crippen molar-refractivity contribution in [2.24, 2.45) is 11.3 Å². The van der Waals surface area contributed by atoms with E-state index in [1.54, 1.807) is 6.20 Å². The number of anilines is 2. The molecule has 0 bridgehead atoms. The zero-order chi connectivity index (χ0) is 13.3. The van der Waals surface area contributed by atoms with Gasteiger partial charge in [0.1, 0.15) is 0 Å². The standard InChI is InChI=1S/C13H20N6/c1-2-13(4-3-5-13)9-16-11-12-15-6-7-19(12)8-10(17-11)18-14/h6-8,18H,2-5,9,14H2,1H3,(H,16,17). The van der Waals surface area contributed by atoms with Gasteiger partial charge in [0, 0.05) is 18.9 Å². The van der Waals surface area contributed by atoms with Crippen molar-refractivity contribution in [3.63, 3.8) is 0 Å². The maximum Gasteiger partial charge on any atom is 0.180 e. The van der Waals surface area contributed by atoms with Gasteiger partial charge in [0.2, 0.25) is 0 Å². The van der Waals surface area contributed by atoms with E-state index < -0.39 is 0 Å². The topological polar surface area (TPSA) is 80.3 Å². The molecule has 0 aliphatic heterocycles. The number of imidazole rings is 1. The second-order valence-electron chi connectivity index (χ2n) is 5.34. The van der Waals surface area contributed by atoms with Crippen LogP contribution < -0.4 is 16.6 Å². The fourth-order valence-corrected chi connectivity index (χ4v) is 2.72. The fourth-order valence-electron chi connectivity index (χ4n) is 2.72. The number of fused-ring (bicyclic) bond motifs is 1. The molecular weight excluding hydrogens is 240 g/mol. The van der Waals surface area contributed by atoms with Gasteiger partial charge in [-0.1, -0.05) is 13.3 Å². The minimum atomic E-state index is 0.442. The molecule has 2 aromatic rings. The first-order valence-corrected chi connectivity index (χ1v) is 6.80. The van der Waals surface area contributed by atoms with Crippen molar-refractivity contribution in [1.82, 2.24) is 14.4 Å². The van der Waals surface area contributed by atoms with E-state index in [0.717, 1.165) is 18.0 Å². The van der Waals surface area contributed by atoms with E-state index in [0.29, 0.717) is 11.2 Å². The molecule has 0 radical (unpaired) electrons. The van der Waals surface area contributed by atoms with Crippen LogP contribution in [0.3, 0.4) is 0 Å². The summed E-state index contributed by atoms with van der Waals surface area (Å²) in [6.07, 6.45) is 10.6. The smallest absolute Gasteiger partial charge is 0.180 e. The molecule has 0 unspecified atom stereocenters. The number of hydrogen-bond acceptors (Lipinski definition) is 5. The van der Waals surface area contributed by atoms with Crippen LogP contribution in [0, 0.1) is 5.41 Å². The molecular formula is C13H20N6. The Morgan fingerprint density at radius 1 is 1.47 bits per heavy atom. The van der Waals surface area contributed by atoms with Crippen LogP contribution in [0.5, 0.6) is 0 Å². The largest absolute Gasteiger partial charge is 0.366 e. The molecule has 1 aliphatic rings. The molecule has 1 aliphatic carbocycles. The van der Waals surface area contributed by atoms with E-state index in [2.05, 4.69) is 27.6 Å². The number of hydrogen-bond donors (Lipinski definition) is 3. The molecule has 0 atom stereocenters. The SMILES string of the molecule is CCC1(CNc2nc(NN)cn3ccnc23)CCC1. The molecule has 3 rings (SSSR count). The first kappa shape index (κ1) is 12.2. The molecule has 2 heterocycles. The summed E-state index contributed by atoms with van der Waals surface area (Å²) in [6, 6.07) is 0. The molecule has 102 valence electrons. The summed E-state index contributed by atoms with van der Waals surface area (Å²) < 4.78 is 1.92. The summed E-state index contributed by atoms with van der Waals surface area (Å²) in [7, 11) is 0. The quantitative estimate of drug-likeness (QED) is 0.566. The molecule has 0 spiro atoms. The van der Waals surface area contributed by atoms with Gasteiger partial charge >= 0.3 is 0 Å². The highest BCUT2D eigenvalue weighted by Gasteiger charge is 2.34. The number of aromatic nitrogens is 3. The van der Waals surface area contributed by atoms with Crippen molar-refractivity contribution in [1.29, 1.82) is 0 Å². The number of hydrazine groups is 1. The lowest BCUT2D eigenvalue weighted by atomic mass is 9.67. The Labute approximate surface area is 112 Å². The van der Waals surface area contributed by atoms with Gasteiger partial charge in [0.25, 0.3) is 0 Å². The lowest BCUT2D eigenvalue weighted by molar-refractivity contribution is 0.145. The normalized spacial score (nSPS) is 17.2. The van der Waals surface area contributed by atoms with Crippen LogP contribution >= 0.6 is 0 Å². The summed E-state index contributed by atoms with van der Waals surface area (Å²) in [5.41, 5.74) is 3.87. The van der Waals surface area contributed by atoms with E-state index in [1.165, 1.54) is 25.7 Å². The number of nitrogens with two attached hydrogens (primary N) is 1. The number of nitrogens with one attached hydrogen (secondary N) is 2. The van der Waals surface area contributed by atoms with Crippen LogP contribution in [0.15, 0.2) is 18.6 Å². The highest BCUT2D eigenvalue weighted by molar-refractivity contribution is 5.65. The monoisotopic (exact) mass is 260 g/mol. The Balaban J connectivity index is 1.85. The predicted octanol–water partition coefficient (Wildman–Crippen LogP) is 2.01. The van der Waals surface area contributed by atoms with Gasteiger partial charge in [-0.05, 0) is 24.7 Å². The summed E-state index contributed by atoms with van der Waals surface area (Å²) in [6.45, 7) is 3.21. The lowest BCUT2D eigenvalue weighted by Crippen LogP contribution is -2.36. The zero-order valence-corrected chi connectivity index (χ0v) is 11.2. The van der Waals surface area contributed by atoms with Gasteiger partial charge in [-0.15, -0.1) is 0 Å². The molecule has 0 aromatic carbocycles. The van der Waals surface area contributed by atoms with Crippen LogP contribution in [-0.4, -0.2) is 20.9 Å². The summed E-state index contributed by atoms with van der Waals surface area (Å²) in [4.78, 5) is 8.79. The highest BCUT2D eigenvalue weighted by Crippen LogP contribution is 2.43. The van der Waals surface area contributed by atoms with Gasteiger partial charge in [-0.25, -0.2) is 15.8 Å². The lowest BCUT2D eigenvalue weighted by Gasteiger charge is -2.41. The maximum atomic E-state index is 5.45. The van der Waals surface area contributed by atoms with Gasteiger partial charge in [-0.3, -0.25) is 0 Å².